The maximum absolute atomic E-state index is 12.5. The maximum atomic E-state index is 12.5. The summed E-state index contributed by atoms with van der Waals surface area (Å²) < 4.78 is 43.0. The van der Waals surface area contributed by atoms with Gasteiger partial charge in [0.05, 0.1) is 18.6 Å². The van der Waals surface area contributed by atoms with Gasteiger partial charge in [-0.25, -0.2) is 4.98 Å². The number of hydrogen-bond acceptors (Lipinski definition) is 4. The third-order valence-corrected chi connectivity index (χ3v) is 4.25. The lowest BCUT2D eigenvalue weighted by atomic mass is 10.1. The van der Waals surface area contributed by atoms with Crippen molar-refractivity contribution in [1.29, 1.82) is 0 Å². The van der Waals surface area contributed by atoms with Gasteiger partial charge in [-0.3, -0.25) is 4.79 Å². The zero-order valence-corrected chi connectivity index (χ0v) is 12.4. The van der Waals surface area contributed by atoms with Gasteiger partial charge in [-0.15, -0.1) is 11.3 Å². The minimum atomic E-state index is -4.45. The standard InChI is InChI=1S/C13H17F3N2O2S/c1-2-9(12-18-10(7-21-12)13(14,15)16)17-11(19)6-8-4-3-5-20-8/h7-9H,2-6H2,1H3,(H,17,19)/t8-,9-/m0/s1. The first kappa shape index (κ1) is 16.2. The molecule has 0 unspecified atom stereocenters. The average Bonchev–Trinajstić information content (AvgIpc) is 3.05. The Hall–Kier alpha value is -1.15. The molecule has 0 saturated carbocycles. The summed E-state index contributed by atoms with van der Waals surface area (Å²) in [5.74, 6) is -0.211. The van der Waals surface area contributed by atoms with E-state index in [1.54, 1.807) is 6.92 Å². The number of ether oxygens (including phenoxy) is 1. The fraction of sp³-hybridized carbons (Fsp3) is 0.692. The first-order chi connectivity index (χ1) is 9.90. The van der Waals surface area contributed by atoms with E-state index in [1.165, 1.54) is 0 Å². The van der Waals surface area contributed by atoms with E-state index in [-0.39, 0.29) is 23.4 Å². The Morgan fingerprint density at radius 2 is 2.38 bits per heavy atom. The summed E-state index contributed by atoms with van der Waals surface area (Å²) in [5, 5.41) is 4.00. The van der Waals surface area contributed by atoms with Gasteiger partial charge in [0.2, 0.25) is 5.91 Å². The van der Waals surface area contributed by atoms with Gasteiger partial charge in [0.1, 0.15) is 5.01 Å². The van der Waals surface area contributed by atoms with Gasteiger partial charge in [-0.05, 0) is 19.3 Å². The minimum Gasteiger partial charge on any atom is -0.378 e. The van der Waals surface area contributed by atoms with Crippen LogP contribution in [0.15, 0.2) is 5.38 Å². The van der Waals surface area contributed by atoms with Crippen LogP contribution in [0.2, 0.25) is 0 Å². The number of aromatic nitrogens is 1. The molecule has 1 amide bonds. The number of nitrogens with one attached hydrogen (secondary N) is 1. The third kappa shape index (κ3) is 4.41. The van der Waals surface area contributed by atoms with Crippen molar-refractivity contribution in [1.82, 2.24) is 10.3 Å². The summed E-state index contributed by atoms with van der Waals surface area (Å²) in [6.07, 6.45) is -2.01. The summed E-state index contributed by atoms with van der Waals surface area (Å²) >= 11 is 0.917. The van der Waals surface area contributed by atoms with Gasteiger partial charge in [-0.2, -0.15) is 13.2 Å². The number of halogens is 3. The number of carbonyl (C=O) groups is 1. The van der Waals surface area contributed by atoms with Crippen molar-refractivity contribution in [2.45, 2.75) is 50.9 Å². The summed E-state index contributed by atoms with van der Waals surface area (Å²) in [5.41, 5.74) is -0.908. The van der Waals surface area contributed by atoms with Crippen LogP contribution in [0.5, 0.6) is 0 Å². The summed E-state index contributed by atoms with van der Waals surface area (Å²) in [6.45, 7) is 2.46. The molecule has 1 aliphatic heterocycles. The molecule has 1 saturated heterocycles. The number of alkyl halides is 3. The van der Waals surface area contributed by atoms with Crippen LogP contribution < -0.4 is 5.32 Å². The van der Waals surface area contributed by atoms with Gasteiger partial charge in [0, 0.05) is 12.0 Å². The monoisotopic (exact) mass is 322 g/mol. The lowest BCUT2D eigenvalue weighted by Gasteiger charge is -2.16. The second-order valence-electron chi connectivity index (χ2n) is 4.94. The fourth-order valence-corrected chi connectivity index (χ4v) is 3.14. The zero-order chi connectivity index (χ0) is 15.5. The average molecular weight is 322 g/mol. The largest absolute Gasteiger partial charge is 0.434 e. The highest BCUT2D eigenvalue weighted by Crippen LogP contribution is 2.32. The molecule has 4 nitrogen and oxygen atoms in total. The molecule has 2 atom stereocenters. The van der Waals surface area contributed by atoms with Crippen molar-refractivity contribution in [2.75, 3.05) is 6.61 Å². The van der Waals surface area contributed by atoms with E-state index < -0.39 is 17.9 Å². The Kier molecular flexibility index (Phi) is 5.21. The third-order valence-electron chi connectivity index (χ3n) is 3.29. The van der Waals surface area contributed by atoms with Crippen molar-refractivity contribution >= 4 is 17.2 Å². The molecule has 118 valence electrons. The number of nitrogens with zero attached hydrogens (tertiary/aromatic N) is 1. The highest BCUT2D eigenvalue weighted by molar-refractivity contribution is 7.09. The molecule has 2 heterocycles. The Balaban J connectivity index is 1.95. The topological polar surface area (TPSA) is 51.2 Å². The number of thiazole rings is 1. The van der Waals surface area contributed by atoms with Gasteiger partial charge >= 0.3 is 6.18 Å². The van der Waals surface area contributed by atoms with Crippen LogP contribution in [0.4, 0.5) is 13.2 Å². The second kappa shape index (κ2) is 6.74. The van der Waals surface area contributed by atoms with Crippen molar-refractivity contribution < 1.29 is 22.7 Å². The first-order valence-electron chi connectivity index (χ1n) is 6.83. The SMILES string of the molecule is CC[C@H](NC(=O)C[C@@H]1CCCO1)c1nc(C(F)(F)F)cs1. The van der Waals surface area contributed by atoms with Gasteiger partial charge < -0.3 is 10.1 Å². The molecule has 1 aromatic rings. The number of carbonyl (C=O) groups excluding carboxylic acids is 1. The fourth-order valence-electron chi connectivity index (χ4n) is 2.18. The Morgan fingerprint density at radius 1 is 1.62 bits per heavy atom. The molecule has 1 aliphatic rings. The molecule has 1 fully saturated rings. The lowest BCUT2D eigenvalue weighted by Crippen LogP contribution is -2.30. The normalized spacial score (nSPS) is 20.5. The van der Waals surface area contributed by atoms with Gasteiger partial charge in [0.15, 0.2) is 5.69 Å². The highest BCUT2D eigenvalue weighted by atomic mass is 32.1. The Bertz CT molecular complexity index is 484. The molecule has 21 heavy (non-hydrogen) atoms. The van der Waals surface area contributed by atoms with Crippen LogP contribution in [0, 0.1) is 0 Å². The molecule has 0 spiro atoms. The van der Waals surface area contributed by atoms with Crippen LogP contribution >= 0.6 is 11.3 Å². The molecule has 1 aromatic heterocycles. The van der Waals surface area contributed by atoms with Gasteiger partial charge in [-0.1, -0.05) is 6.92 Å². The first-order valence-corrected chi connectivity index (χ1v) is 7.71. The number of rotatable bonds is 5. The predicted octanol–water partition coefficient (Wildman–Crippen LogP) is 3.30. The Morgan fingerprint density at radius 3 is 2.90 bits per heavy atom. The molecule has 0 radical (unpaired) electrons. The smallest absolute Gasteiger partial charge is 0.378 e. The van der Waals surface area contributed by atoms with Crippen molar-refractivity contribution in [3.63, 3.8) is 0 Å². The zero-order valence-electron chi connectivity index (χ0n) is 11.6. The molecule has 0 aromatic carbocycles. The van der Waals surface area contributed by atoms with E-state index in [0.717, 1.165) is 29.6 Å². The van der Waals surface area contributed by atoms with Crippen LogP contribution in [-0.4, -0.2) is 23.6 Å². The lowest BCUT2D eigenvalue weighted by molar-refractivity contribution is -0.140. The molecular weight excluding hydrogens is 305 g/mol. The van der Waals surface area contributed by atoms with E-state index in [1.807, 2.05) is 0 Å². The van der Waals surface area contributed by atoms with Crippen LogP contribution in [0.1, 0.15) is 49.4 Å². The summed E-state index contributed by atoms with van der Waals surface area (Å²) in [6, 6.07) is -0.486. The van der Waals surface area contributed by atoms with E-state index in [0.29, 0.717) is 13.0 Å². The number of amides is 1. The van der Waals surface area contributed by atoms with Crippen molar-refractivity contribution in [3.8, 4) is 0 Å². The highest BCUT2D eigenvalue weighted by Gasteiger charge is 2.34. The molecule has 2 rings (SSSR count). The van der Waals surface area contributed by atoms with E-state index >= 15 is 0 Å². The number of hydrogen-bond donors (Lipinski definition) is 1. The van der Waals surface area contributed by atoms with E-state index in [9.17, 15) is 18.0 Å². The van der Waals surface area contributed by atoms with Crippen LogP contribution in [0.3, 0.4) is 0 Å². The van der Waals surface area contributed by atoms with E-state index in [2.05, 4.69) is 10.3 Å². The molecular formula is C13H17F3N2O2S. The second-order valence-corrected chi connectivity index (χ2v) is 5.83. The maximum Gasteiger partial charge on any atom is 0.434 e. The molecule has 8 heteroatoms. The van der Waals surface area contributed by atoms with Crippen LogP contribution in [0.25, 0.3) is 0 Å². The molecule has 1 N–H and O–H groups in total. The molecule has 0 bridgehead atoms. The Labute approximate surface area is 124 Å². The minimum absolute atomic E-state index is 0.0791. The van der Waals surface area contributed by atoms with Crippen molar-refractivity contribution in [2.24, 2.45) is 0 Å². The van der Waals surface area contributed by atoms with E-state index in [4.69, 9.17) is 4.74 Å². The molecule has 0 aliphatic carbocycles. The predicted molar refractivity (Wildman–Crippen MR) is 71.9 cm³/mol. The summed E-state index contributed by atoms with van der Waals surface area (Å²) in [7, 11) is 0. The summed E-state index contributed by atoms with van der Waals surface area (Å²) in [4.78, 5) is 15.5. The van der Waals surface area contributed by atoms with Crippen molar-refractivity contribution in [3.05, 3.63) is 16.1 Å². The quantitative estimate of drug-likeness (QED) is 0.905. The van der Waals surface area contributed by atoms with Crippen LogP contribution in [-0.2, 0) is 15.7 Å². The van der Waals surface area contributed by atoms with Gasteiger partial charge in [0.25, 0.3) is 0 Å².